The molecule has 2 aromatic rings. The van der Waals surface area contributed by atoms with E-state index in [4.69, 9.17) is 5.73 Å². The number of nitrogens with one attached hydrogen (secondary N) is 2. The maximum Gasteiger partial charge on any atom is 0.316 e. The van der Waals surface area contributed by atoms with Gasteiger partial charge < -0.3 is 16.4 Å². The van der Waals surface area contributed by atoms with E-state index in [1.165, 1.54) is 9.13 Å². The molecule has 104 valence electrons. The van der Waals surface area contributed by atoms with Crippen molar-refractivity contribution in [1.29, 1.82) is 0 Å². The maximum absolute atomic E-state index is 10.8. The van der Waals surface area contributed by atoms with E-state index in [9.17, 15) is 4.79 Å². The number of halogens is 1. The Morgan fingerprint density at radius 2 is 1.80 bits per heavy atom. The Kier molecular flexibility index (Phi) is 4.84. The van der Waals surface area contributed by atoms with Crippen molar-refractivity contribution in [3.05, 3.63) is 57.7 Å². The topological polar surface area (TPSA) is 67.2 Å². The minimum Gasteiger partial charge on any atom is -0.378 e. The lowest BCUT2D eigenvalue weighted by Crippen LogP contribution is -2.19. The number of rotatable bonds is 4. The van der Waals surface area contributed by atoms with E-state index in [2.05, 4.69) is 64.4 Å². The minimum atomic E-state index is -0.562. The Morgan fingerprint density at radius 1 is 1.15 bits per heavy atom. The molecule has 0 heterocycles. The molecule has 0 aromatic heterocycles. The van der Waals surface area contributed by atoms with E-state index in [0.29, 0.717) is 5.69 Å². The van der Waals surface area contributed by atoms with Gasteiger partial charge in [-0.15, -0.1) is 0 Å². The Morgan fingerprint density at radius 3 is 2.45 bits per heavy atom. The monoisotopic (exact) mass is 381 g/mol. The Balaban J connectivity index is 2.09. The number of carbonyl (C=O) groups excluding carboxylic acids is 1. The summed E-state index contributed by atoms with van der Waals surface area (Å²) in [4.78, 5) is 10.8. The van der Waals surface area contributed by atoms with Gasteiger partial charge in [-0.1, -0.05) is 18.2 Å². The van der Waals surface area contributed by atoms with Gasteiger partial charge in [0, 0.05) is 21.0 Å². The van der Waals surface area contributed by atoms with Gasteiger partial charge >= 0.3 is 6.03 Å². The normalized spacial score (nSPS) is 11.7. The molecule has 0 aliphatic carbocycles. The number of benzene rings is 2. The molecule has 0 aliphatic rings. The number of urea groups is 1. The summed E-state index contributed by atoms with van der Waals surface area (Å²) >= 11 is 2.29. The number of hydrogen-bond acceptors (Lipinski definition) is 2. The molecule has 20 heavy (non-hydrogen) atoms. The van der Waals surface area contributed by atoms with Gasteiger partial charge in [-0.05, 0) is 65.4 Å². The van der Waals surface area contributed by atoms with Crippen LogP contribution in [0, 0.1) is 3.57 Å². The van der Waals surface area contributed by atoms with Gasteiger partial charge in [-0.2, -0.15) is 0 Å². The molecule has 0 spiro atoms. The summed E-state index contributed by atoms with van der Waals surface area (Å²) in [6.07, 6.45) is 0. The van der Waals surface area contributed by atoms with E-state index in [1.54, 1.807) is 6.07 Å². The Bertz CT molecular complexity index is 598. The van der Waals surface area contributed by atoms with E-state index >= 15 is 0 Å². The number of amides is 2. The van der Waals surface area contributed by atoms with Crippen LogP contribution in [0.25, 0.3) is 0 Å². The largest absolute Gasteiger partial charge is 0.378 e. The van der Waals surface area contributed by atoms with Crippen LogP contribution in [0.5, 0.6) is 0 Å². The fourth-order valence-electron chi connectivity index (χ4n) is 1.91. The van der Waals surface area contributed by atoms with Crippen LogP contribution in [0.4, 0.5) is 16.2 Å². The molecular formula is C15H16IN3O. The van der Waals surface area contributed by atoms with E-state index in [-0.39, 0.29) is 6.04 Å². The Hall–Kier alpha value is -1.76. The third-order valence-corrected chi connectivity index (χ3v) is 3.60. The van der Waals surface area contributed by atoms with Gasteiger partial charge in [0.15, 0.2) is 0 Å². The number of primary amides is 1. The van der Waals surface area contributed by atoms with Crippen LogP contribution in [0.3, 0.4) is 0 Å². The third kappa shape index (κ3) is 4.12. The van der Waals surface area contributed by atoms with Gasteiger partial charge in [0.2, 0.25) is 0 Å². The summed E-state index contributed by atoms with van der Waals surface area (Å²) in [6, 6.07) is 15.5. The molecular weight excluding hydrogens is 365 g/mol. The number of anilines is 2. The van der Waals surface area contributed by atoms with Crippen LogP contribution in [0.1, 0.15) is 18.5 Å². The van der Waals surface area contributed by atoms with Crippen molar-refractivity contribution < 1.29 is 4.79 Å². The number of hydrogen-bond donors (Lipinski definition) is 3. The molecule has 2 amide bonds. The first-order chi connectivity index (χ1) is 9.54. The summed E-state index contributed by atoms with van der Waals surface area (Å²) in [5.41, 5.74) is 7.93. The molecule has 2 rings (SSSR count). The molecule has 0 bridgehead atoms. The van der Waals surface area contributed by atoms with Crippen LogP contribution in [0.15, 0.2) is 48.5 Å². The average Bonchev–Trinajstić information content (AvgIpc) is 2.39. The van der Waals surface area contributed by atoms with Crippen molar-refractivity contribution in [3.63, 3.8) is 0 Å². The predicted molar refractivity (Wildman–Crippen MR) is 90.8 cm³/mol. The lowest BCUT2D eigenvalue weighted by atomic mass is 10.1. The molecule has 1 atom stereocenters. The summed E-state index contributed by atoms with van der Waals surface area (Å²) in [5.74, 6) is 0. The molecule has 4 nitrogen and oxygen atoms in total. The van der Waals surface area contributed by atoms with Gasteiger partial charge in [-0.25, -0.2) is 4.79 Å². The second kappa shape index (κ2) is 6.60. The molecule has 0 fully saturated rings. The molecule has 0 aliphatic heterocycles. The molecule has 0 saturated carbocycles. The fraction of sp³-hybridized carbons (Fsp3) is 0.133. The maximum atomic E-state index is 10.8. The standard InChI is InChI=1S/C15H16IN3O/c1-10(11-5-7-12(16)8-6-11)18-13-3-2-4-14(9-13)19-15(17)20/h2-10,18H,1H3,(H3,17,19,20). The summed E-state index contributed by atoms with van der Waals surface area (Å²) in [5, 5.41) is 5.96. The molecule has 2 aromatic carbocycles. The van der Waals surface area contributed by atoms with Crippen LogP contribution in [-0.2, 0) is 0 Å². The summed E-state index contributed by atoms with van der Waals surface area (Å²) in [6.45, 7) is 2.09. The van der Waals surface area contributed by atoms with Crippen LogP contribution >= 0.6 is 22.6 Å². The number of nitrogens with two attached hydrogens (primary N) is 1. The Labute approximate surface area is 131 Å². The van der Waals surface area contributed by atoms with E-state index in [0.717, 1.165) is 5.69 Å². The molecule has 0 radical (unpaired) electrons. The second-order valence-electron chi connectivity index (χ2n) is 4.49. The van der Waals surface area contributed by atoms with Crippen molar-refractivity contribution in [2.24, 2.45) is 5.73 Å². The molecule has 1 unspecified atom stereocenters. The van der Waals surface area contributed by atoms with Gasteiger partial charge in [0.1, 0.15) is 0 Å². The second-order valence-corrected chi connectivity index (χ2v) is 5.73. The van der Waals surface area contributed by atoms with E-state index in [1.807, 2.05) is 18.2 Å². The summed E-state index contributed by atoms with van der Waals surface area (Å²) in [7, 11) is 0. The first-order valence-electron chi connectivity index (χ1n) is 6.23. The van der Waals surface area contributed by atoms with Gasteiger partial charge in [-0.3, -0.25) is 0 Å². The first-order valence-corrected chi connectivity index (χ1v) is 7.31. The zero-order chi connectivity index (χ0) is 14.5. The van der Waals surface area contributed by atoms with Crippen molar-refractivity contribution in [2.75, 3.05) is 10.6 Å². The fourth-order valence-corrected chi connectivity index (χ4v) is 2.27. The zero-order valence-corrected chi connectivity index (χ0v) is 13.2. The highest BCUT2D eigenvalue weighted by Crippen LogP contribution is 2.22. The van der Waals surface area contributed by atoms with Gasteiger partial charge in [0.25, 0.3) is 0 Å². The minimum absolute atomic E-state index is 0.177. The molecule has 4 N–H and O–H groups in total. The highest BCUT2D eigenvalue weighted by atomic mass is 127. The SMILES string of the molecule is CC(Nc1cccc(NC(N)=O)c1)c1ccc(I)cc1. The van der Waals surface area contributed by atoms with E-state index < -0.39 is 6.03 Å². The highest BCUT2D eigenvalue weighted by Gasteiger charge is 2.06. The van der Waals surface area contributed by atoms with Crippen molar-refractivity contribution in [3.8, 4) is 0 Å². The lowest BCUT2D eigenvalue weighted by molar-refractivity contribution is 0.259. The highest BCUT2D eigenvalue weighted by molar-refractivity contribution is 14.1. The molecule has 0 saturated heterocycles. The van der Waals surface area contributed by atoms with Crippen LogP contribution in [0.2, 0.25) is 0 Å². The van der Waals surface area contributed by atoms with Gasteiger partial charge in [0.05, 0.1) is 0 Å². The van der Waals surface area contributed by atoms with Crippen molar-refractivity contribution in [1.82, 2.24) is 0 Å². The average molecular weight is 381 g/mol. The number of carbonyl (C=O) groups is 1. The van der Waals surface area contributed by atoms with Crippen molar-refractivity contribution >= 4 is 40.0 Å². The molecule has 5 heteroatoms. The smallest absolute Gasteiger partial charge is 0.316 e. The summed E-state index contributed by atoms with van der Waals surface area (Å²) < 4.78 is 1.21. The van der Waals surface area contributed by atoms with Crippen LogP contribution < -0.4 is 16.4 Å². The van der Waals surface area contributed by atoms with Crippen LogP contribution in [-0.4, -0.2) is 6.03 Å². The lowest BCUT2D eigenvalue weighted by Gasteiger charge is -2.16. The quantitative estimate of drug-likeness (QED) is 0.702. The predicted octanol–water partition coefficient (Wildman–Crippen LogP) is 3.95. The third-order valence-electron chi connectivity index (χ3n) is 2.88. The van der Waals surface area contributed by atoms with Crippen molar-refractivity contribution in [2.45, 2.75) is 13.0 Å². The first kappa shape index (κ1) is 14.6. The zero-order valence-electron chi connectivity index (χ0n) is 11.1.